The standard InChI is InChI=1S/C26H25N5O6/c1-3-36-15-16-37-26-28-24(19-5-4-6-23(17-19)35-2)30(29-26)21-13-9-20(10-14-21)27-25(32)18-7-11-22(12-8-18)31(33)34/h4-14,17H,3,15-16H2,1-2H3,(H,27,32). The number of nitro groups is 1. The molecule has 4 aromatic rings. The first-order valence-electron chi connectivity index (χ1n) is 11.5. The molecule has 0 spiro atoms. The zero-order valence-corrected chi connectivity index (χ0v) is 20.3. The number of nitrogens with one attached hydrogen (secondary N) is 1. The highest BCUT2D eigenvalue weighted by Gasteiger charge is 2.16. The third-order valence-electron chi connectivity index (χ3n) is 5.29. The van der Waals surface area contributed by atoms with E-state index in [0.29, 0.717) is 48.3 Å². The Morgan fingerprint density at radius 3 is 2.49 bits per heavy atom. The van der Waals surface area contributed by atoms with E-state index < -0.39 is 4.92 Å². The van der Waals surface area contributed by atoms with Crippen molar-refractivity contribution in [1.82, 2.24) is 14.8 Å². The number of amides is 1. The van der Waals surface area contributed by atoms with Gasteiger partial charge in [-0.05, 0) is 55.5 Å². The predicted molar refractivity (Wildman–Crippen MR) is 136 cm³/mol. The monoisotopic (exact) mass is 503 g/mol. The van der Waals surface area contributed by atoms with Crippen molar-refractivity contribution in [2.75, 3.05) is 32.2 Å². The number of nitrogens with zero attached hydrogens (tertiary/aromatic N) is 4. The summed E-state index contributed by atoms with van der Waals surface area (Å²) in [6, 6.07) is 20.1. The fourth-order valence-electron chi connectivity index (χ4n) is 3.44. The van der Waals surface area contributed by atoms with Gasteiger partial charge in [-0.25, -0.2) is 4.68 Å². The number of ether oxygens (including phenoxy) is 3. The van der Waals surface area contributed by atoms with Crippen LogP contribution in [-0.4, -0.2) is 52.5 Å². The summed E-state index contributed by atoms with van der Waals surface area (Å²) in [6.07, 6.45) is 0. The number of rotatable bonds is 11. The molecular formula is C26H25N5O6. The lowest BCUT2D eigenvalue weighted by atomic mass is 10.2. The Labute approximate surface area is 212 Å². The molecule has 0 fully saturated rings. The first kappa shape index (κ1) is 25.3. The summed E-state index contributed by atoms with van der Waals surface area (Å²) in [5, 5.41) is 18.1. The molecule has 0 aliphatic rings. The summed E-state index contributed by atoms with van der Waals surface area (Å²) in [5.41, 5.74) is 2.24. The van der Waals surface area contributed by atoms with E-state index in [1.54, 1.807) is 36.1 Å². The van der Waals surface area contributed by atoms with Crippen molar-refractivity contribution in [3.8, 4) is 28.8 Å². The molecule has 1 heterocycles. The SMILES string of the molecule is CCOCCOc1nc(-c2cccc(OC)c2)n(-c2ccc(NC(=O)c3ccc([N+](=O)[O-])cc3)cc2)n1. The van der Waals surface area contributed by atoms with Gasteiger partial charge in [-0.2, -0.15) is 4.98 Å². The molecule has 0 aliphatic heterocycles. The van der Waals surface area contributed by atoms with Crippen molar-refractivity contribution in [3.05, 3.63) is 88.5 Å². The highest BCUT2D eigenvalue weighted by Crippen LogP contribution is 2.27. The van der Waals surface area contributed by atoms with Gasteiger partial charge in [0.15, 0.2) is 5.82 Å². The van der Waals surface area contributed by atoms with Crippen molar-refractivity contribution in [1.29, 1.82) is 0 Å². The number of hydrogen-bond acceptors (Lipinski definition) is 8. The Morgan fingerprint density at radius 2 is 1.81 bits per heavy atom. The lowest BCUT2D eigenvalue weighted by Gasteiger charge is -2.09. The minimum atomic E-state index is -0.514. The van der Waals surface area contributed by atoms with E-state index in [2.05, 4.69) is 15.4 Å². The number of carbonyl (C=O) groups excluding carboxylic acids is 1. The van der Waals surface area contributed by atoms with Crippen LogP contribution in [0.4, 0.5) is 11.4 Å². The van der Waals surface area contributed by atoms with Crippen LogP contribution in [0.2, 0.25) is 0 Å². The van der Waals surface area contributed by atoms with Crippen LogP contribution in [0.15, 0.2) is 72.8 Å². The first-order valence-corrected chi connectivity index (χ1v) is 11.5. The van der Waals surface area contributed by atoms with Crippen molar-refractivity contribution in [2.45, 2.75) is 6.92 Å². The number of hydrogen-bond donors (Lipinski definition) is 1. The Kier molecular flexibility index (Phi) is 8.06. The van der Waals surface area contributed by atoms with Gasteiger partial charge in [-0.3, -0.25) is 14.9 Å². The lowest BCUT2D eigenvalue weighted by Crippen LogP contribution is -2.12. The average molecular weight is 504 g/mol. The molecule has 37 heavy (non-hydrogen) atoms. The number of benzene rings is 3. The molecule has 0 aliphatic carbocycles. The molecular weight excluding hydrogens is 478 g/mol. The summed E-state index contributed by atoms with van der Waals surface area (Å²) in [6.45, 7) is 3.23. The number of nitro benzene ring substituents is 1. The maximum absolute atomic E-state index is 12.6. The summed E-state index contributed by atoms with van der Waals surface area (Å²) >= 11 is 0. The highest BCUT2D eigenvalue weighted by molar-refractivity contribution is 6.04. The van der Waals surface area contributed by atoms with Crippen LogP contribution in [0.3, 0.4) is 0 Å². The van der Waals surface area contributed by atoms with Gasteiger partial charge >= 0.3 is 6.01 Å². The second kappa shape index (κ2) is 11.8. The molecule has 190 valence electrons. The zero-order valence-electron chi connectivity index (χ0n) is 20.3. The number of methoxy groups -OCH3 is 1. The lowest BCUT2D eigenvalue weighted by molar-refractivity contribution is -0.384. The van der Waals surface area contributed by atoms with E-state index in [4.69, 9.17) is 14.2 Å². The largest absolute Gasteiger partial charge is 0.497 e. The highest BCUT2D eigenvalue weighted by atomic mass is 16.6. The third-order valence-corrected chi connectivity index (χ3v) is 5.29. The van der Waals surface area contributed by atoms with Crippen molar-refractivity contribution >= 4 is 17.3 Å². The maximum atomic E-state index is 12.6. The second-order valence-corrected chi connectivity index (χ2v) is 7.71. The normalized spacial score (nSPS) is 10.6. The van der Waals surface area contributed by atoms with Gasteiger partial charge in [0.05, 0.1) is 24.3 Å². The molecule has 1 amide bonds. The van der Waals surface area contributed by atoms with E-state index >= 15 is 0 Å². The van der Waals surface area contributed by atoms with E-state index in [0.717, 1.165) is 5.56 Å². The van der Waals surface area contributed by atoms with Crippen LogP contribution in [0.5, 0.6) is 11.8 Å². The molecule has 1 N–H and O–H groups in total. The Bertz CT molecular complexity index is 1370. The van der Waals surface area contributed by atoms with Gasteiger partial charge in [0.1, 0.15) is 12.4 Å². The van der Waals surface area contributed by atoms with Crippen LogP contribution >= 0.6 is 0 Å². The van der Waals surface area contributed by atoms with E-state index in [1.165, 1.54) is 24.3 Å². The number of non-ortho nitro benzene ring substituents is 1. The summed E-state index contributed by atoms with van der Waals surface area (Å²) < 4.78 is 18.0. The predicted octanol–water partition coefficient (Wildman–Crippen LogP) is 4.52. The molecule has 3 aromatic carbocycles. The summed E-state index contributed by atoms with van der Waals surface area (Å²) in [5.74, 6) is 0.841. The fourth-order valence-corrected chi connectivity index (χ4v) is 3.44. The summed E-state index contributed by atoms with van der Waals surface area (Å²) in [7, 11) is 1.59. The third kappa shape index (κ3) is 6.27. The molecule has 0 atom stereocenters. The van der Waals surface area contributed by atoms with Crippen molar-refractivity contribution in [2.24, 2.45) is 0 Å². The fraction of sp³-hybridized carbons (Fsp3) is 0.192. The van der Waals surface area contributed by atoms with Crippen LogP contribution < -0.4 is 14.8 Å². The van der Waals surface area contributed by atoms with E-state index in [1.807, 2.05) is 31.2 Å². The average Bonchev–Trinajstić information content (AvgIpc) is 3.36. The Hall–Kier alpha value is -4.77. The smallest absolute Gasteiger partial charge is 0.336 e. The van der Waals surface area contributed by atoms with Crippen molar-refractivity contribution < 1.29 is 23.9 Å². The van der Waals surface area contributed by atoms with Gasteiger partial charge in [-0.15, -0.1) is 5.10 Å². The molecule has 0 radical (unpaired) electrons. The zero-order chi connectivity index (χ0) is 26.2. The Balaban J connectivity index is 1.56. The molecule has 0 bridgehead atoms. The number of aromatic nitrogens is 3. The Morgan fingerprint density at radius 1 is 1.05 bits per heavy atom. The first-order chi connectivity index (χ1) is 18.0. The molecule has 0 saturated carbocycles. The van der Waals surface area contributed by atoms with Crippen LogP contribution in [0.25, 0.3) is 17.1 Å². The minimum absolute atomic E-state index is 0.0817. The maximum Gasteiger partial charge on any atom is 0.336 e. The second-order valence-electron chi connectivity index (χ2n) is 7.71. The molecule has 1 aromatic heterocycles. The van der Waals surface area contributed by atoms with Gasteiger partial charge < -0.3 is 19.5 Å². The topological polar surface area (TPSA) is 131 Å². The number of carbonyl (C=O) groups is 1. The molecule has 11 heteroatoms. The van der Waals surface area contributed by atoms with E-state index in [9.17, 15) is 14.9 Å². The summed E-state index contributed by atoms with van der Waals surface area (Å²) in [4.78, 5) is 27.4. The van der Waals surface area contributed by atoms with E-state index in [-0.39, 0.29) is 17.6 Å². The van der Waals surface area contributed by atoms with Gasteiger partial charge in [-0.1, -0.05) is 12.1 Å². The molecule has 0 unspecified atom stereocenters. The minimum Gasteiger partial charge on any atom is -0.497 e. The van der Waals surface area contributed by atoms with Gasteiger partial charge in [0.25, 0.3) is 11.6 Å². The van der Waals surface area contributed by atoms with Crippen LogP contribution in [0.1, 0.15) is 17.3 Å². The number of anilines is 1. The van der Waals surface area contributed by atoms with Gasteiger partial charge in [0, 0.05) is 35.6 Å². The van der Waals surface area contributed by atoms with Crippen LogP contribution in [0, 0.1) is 10.1 Å². The molecule has 11 nitrogen and oxygen atoms in total. The van der Waals surface area contributed by atoms with Gasteiger partial charge in [0.2, 0.25) is 0 Å². The van der Waals surface area contributed by atoms with Crippen LogP contribution in [-0.2, 0) is 4.74 Å². The molecule has 0 saturated heterocycles. The molecule has 4 rings (SSSR count). The quantitative estimate of drug-likeness (QED) is 0.180. The van der Waals surface area contributed by atoms with Crippen molar-refractivity contribution in [3.63, 3.8) is 0 Å².